The molecule has 4 heterocycles. The van der Waals surface area contributed by atoms with E-state index in [1.54, 1.807) is 0 Å². The van der Waals surface area contributed by atoms with E-state index >= 15 is 0 Å². The fourth-order valence-corrected chi connectivity index (χ4v) is 11.6. The van der Waals surface area contributed by atoms with Crippen molar-refractivity contribution in [3.8, 4) is 11.1 Å². The van der Waals surface area contributed by atoms with E-state index in [4.69, 9.17) is 4.42 Å². The number of furan rings is 1. The lowest BCUT2D eigenvalue weighted by molar-refractivity contribution is 0.589. The van der Waals surface area contributed by atoms with Crippen molar-refractivity contribution in [3.05, 3.63) is 147 Å². The minimum atomic E-state index is -0.133. The lowest BCUT2D eigenvalue weighted by Gasteiger charge is -2.44. The summed E-state index contributed by atoms with van der Waals surface area (Å²) in [6, 6.07) is 37.8. The molecule has 64 heavy (non-hydrogen) atoms. The molecule has 3 nitrogen and oxygen atoms in total. The quantitative estimate of drug-likeness (QED) is 0.164. The Labute approximate surface area is 386 Å². The van der Waals surface area contributed by atoms with Crippen LogP contribution in [-0.4, -0.2) is 6.71 Å². The topological polar surface area (TPSA) is 19.6 Å². The van der Waals surface area contributed by atoms with E-state index in [1.165, 1.54) is 105 Å². The van der Waals surface area contributed by atoms with Gasteiger partial charge in [0, 0.05) is 38.1 Å². The second-order valence-electron chi connectivity index (χ2n) is 22.3. The molecule has 2 aromatic heterocycles. The van der Waals surface area contributed by atoms with E-state index in [-0.39, 0.29) is 23.0 Å². The van der Waals surface area contributed by atoms with Gasteiger partial charge in [0.25, 0.3) is 6.71 Å². The summed E-state index contributed by atoms with van der Waals surface area (Å²) < 4.78 is 8.70. The standard InChI is InChI=1S/C59H63BN2OS/c1-33(2)39-29-48-52-49(30-39)62(54-36(5)26-42(27-37(54)6)59(13,14)15)55-44-31-40(57(7,8)9)21-23-50(44)63-56(55)60(52)46-22-20-38(45-32-64-51-19-17-16-18-43(45)51)28-47(46)61(48)53-34(3)24-41(25-35(53)4)58(10,11)12/h16-33H,1-15H3. The maximum atomic E-state index is 7.39. The summed E-state index contributed by atoms with van der Waals surface area (Å²) in [5, 5.41) is 4.81. The van der Waals surface area contributed by atoms with Gasteiger partial charge in [-0.15, -0.1) is 11.3 Å². The van der Waals surface area contributed by atoms with Gasteiger partial charge in [-0.1, -0.05) is 137 Å². The number of hydrogen-bond donors (Lipinski definition) is 0. The smallest absolute Gasteiger partial charge is 0.297 e. The van der Waals surface area contributed by atoms with Crippen molar-refractivity contribution in [1.82, 2.24) is 0 Å². The number of aryl methyl sites for hydroxylation is 4. The van der Waals surface area contributed by atoms with Crippen molar-refractivity contribution in [1.29, 1.82) is 0 Å². The fraction of sp³-hybridized carbons (Fsp3) is 0.322. The molecular formula is C59H63BN2OS. The highest BCUT2D eigenvalue weighted by atomic mass is 32.1. The van der Waals surface area contributed by atoms with E-state index in [2.05, 4.69) is 216 Å². The average molecular weight is 859 g/mol. The molecule has 0 amide bonds. The van der Waals surface area contributed by atoms with E-state index in [0.29, 0.717) is 5.92 Å². The number of nitrogens with zero attached hydrogens (tertiary/aromatic N) is 2. The third-order valence-corrected chi connectivity index (χ3v) is 15.1. The van der Waals surface area contributed by atoms with E-state index < -0.39 is 0 Å². The third-order valence-electron chi connectivity index (χ3n) is 14.2. The Morgan fingerprint density at radius 3 is 1.69 bits per heavy atom. The first-order valence-corrected chi connectivity index (χ1v) is 24.2. The first-order chi connectivity index (χ1) is 30.1. The van der Waals surface area contributed by atoms with E-state index in [9.17, 15) is 0 Å². The van der Waals surface area contributed by atoms with Crippen molar-refractivity contribution in [2.75, 3.05) is 9.80 Å². The summed E-state index contributed by atoms with van der Waals surface area (Å²) >= 11 is 1.83. The largest absolute Gasteiger partial charge is 0.468 e. The molecule has 0 atom stereocenters. The third kappa shape index (κ3) is 6.59. The van der Waals surface area contributed by atoms with Crippen molar-refractivity contribution in [2.45, 2.75) is 126 Å². The van der Waals surface area contributed by atoms with Crippen LogP contribution in [0.4, 0.5) is 34.1 Å². The van der Waals surface area contributed by atoms with Crippen LogP contribution in [-0.2, 0) is 16.2 Å². The predicted octanol–water partition coefficient (Wildman–Crippen LogP) is 15.6. The van der Waals surface area contributed by atoms with Crippen molar-refractivity contribution in [3.63, 3.8) is 0 Å². The van der Waals surface area contributed by atoms with Gasteiger partial charge in [0.2, 0.25) is 0 Å². The number of benzene rings is 6. The van der Waals surface area contributed by atoms with Gasteiger partial charge in [-0.2, -0.15) is 0 Å². The van der Waals surface area contributed by atoms with Crippen molar-refractivity contribution >= 4 is 89.8 Å². The molecule has 0 unspecified atom stereocenters. The van der Waals surface area contributed by atoms with Gasteiger partial charge in [-0.05, 0) is 153 Å². The second kappa shape index (κ2) is 14.5. The monoisotopic (exact) mass is 858 g/mol. The van der Waals surface area contributed by atoms with Crippen LogP contribution < -0.4 is 26.4 Å². The van der Waals surface area contributed by atoms with E-state index in [0.717, 1.165) is 22.3 Å². The molecule has 8 aromatic rings. The first-order valence-electron chi connectivity index (χ1n) is 23.3. The van der Waals surface area contributed by atoms with Crippen LogP contribution in [0.5, 0.6) is 0 Å². The molecule has 0 radical (unpaired) electrons. The van der Waals surface area contributed by atoms with Crippen LogP contribution in [0, 0.1) is 27.7 Å². The molecule has 2 aliphatic heterocycles. The Morgan fingerprint density at radius 1 is 0.547 bits per heavy atom. The first kappa shape index (κ1) is 42.4. The lowest BCUT2D eigenvalue weighted by Crippen LogP contribution is -2.61. The molecular weight excluding hydrogens is 796 g/mol. The highest BCUT2D eigenvalue weighted by Crippen LogP contribution is 2.51. The molecule has 5 heteroatoms. The minimum absolute atomic E-state index is 0.0174. The minimum Gasteiger partial charge on any atom is -0.468 e. The molecule has 0 N–H and O–H groups in total. The van der Waals surface area contributed by atoms with E-state index in [1.807, 2.05) is 11.3 Å². The zero-order valence-electron chi connectivity index (χ0n) is 40.7. The molecule has 0 fully saturated rings. The Hall–Kier alpha value is -5.52. The summed E-state index contributed by atoms with van der Waals surface area (Å²) in [4.78, 5) is 5.25. The summed E-state index contributed by atoms with van der Waals surface area (Å²) in [5.74, 6) is 0.291. The molecule has 10 rings (SSSR count). The summed E-state index contributed by atoms with van der Waals surface area (Å²) in [6.07, 6.45) is 0. The van der Waals surface area contributed by atoms with Gasteiger partial charge in [-0.3, -0.25) is 0 Å². The Kier molecular flexibility index (Phi) is 9.61. The van der Waals surface area contributed by atoms with Gasteiger partial charge in [0.05, 0.1) is 22.7 Å². The number of thiophene rings is 1. The van der Waals surface area contributed by atoms with Crippen LogP contribution in [0.2, 0.25) is 0 Å². The highest BCUT2D eigenvalue weighted by Gasteiger charge is 2.48. The second-order valence-corrected chi connectivity index (χ2v) is 23.3. The maximum Gasteiger partial charge on any atom is 0.297 e. The molecule has 0 saturated heterocycles. The lowest BCUT2D eigenvalue weighted by atomic mass is 9.35. The Balaban J connectivity index is 1.36. The van der Waals surface area contributed by atoms with Crippen LogP contribution in [0.3, 0.4) is 0 Å². The van der Waals surface area contributed by atoms with Crippen molar-refractivity contribution < 1.29 is 4.42 Å². The fourth-order valence-electron chi connectivity index (χ4n) is 10.6. The molecule has 0 bridgehead atoms. The number of fused-ring (bicyclic) bond motifs is 7. The number of rotatable bonds is 4. The van der Waals surface area contributed by atoms with Gasteiger partial charge >= 0.3 is 0 Å². The Morgan fingerprint density at radius 2 is 1.11 bits per heavy atom. The molecule has 0 spiro atoms. The number of hydrogen-bond acceptors (Lipinski definition) is 4. The average Bonchev–Trinajstić information content (AvgIpc) is 3.82. The summed E-state index contributed by atoms with van der Waals surface area (Å²) in [5.41, 5.74) is 24.8. The van der Waals surface area contributed by atoms with Crippen LogP contribution in [0.25, 0.3) is 32.2 Å². The van der Waals surface area contributed by atoms with Gasteiger partial charge in [-0.25, -0.2) is 0 Å². The van der Waals surface area contributed by atoms with Gasteiger partial charge in [0.15, 0.2) is 0 Å². The van der Waals surface area contributed by atoms with Gasteiger partial charge < -0.3 is 14.2 Å². The molecule has 6 aromatic carbocycles. The van der Waals surface area contributed by atoms with Crippen molar-refractivity contribution in [2.24, 2.45) is 0 Å². The number of anilines is 6. The summed E-state index contributed by atoms with van der Waals surface area (Å²) in [7, 11) is 0. The predicted molar refractivity (Wildman–Crippen MR) is 280 cm³/mol. The van der Waals surface area contributed by atoms with Gasteiger partial charge in [0.1, 0.15) is 5.58 Å². The molecule has 2 aliphatic rings. The van der Waals surface area contributed by atoms with Crippen LogP contribution in [0.1, 0.15) is 127 Å². The SMILES string of the molecule is Cc1cc(C(C)(C)C)cc(C)c1N1c2cc(-c3csc4ccccc34)ccc2B2c3oc4ccc(C(C)(C)C)cc4c3N(c3c(C)cc(C(C)(C)C)cc3C)c3cc(C(C)C)cc1c32. The normalized spacial score (nSPS) is 13.9. The molecule has 324 valence electrons. The van der Waals surface area contributed by atoms with Crippen LogP contribution in [0.15, 0.2) is 107 Å². The summed E-state index contributed by atoms with van der Waals surface area (Å²) in [6.45, 7) is 34.7. The highest BCUT2D eigenvalue weighted by molar-refractivity contribution is 7.17. The zero-order valence-corrected chi connectivity index (χ0v) is 41.5. The molecule has 0 aliphatic carbocycles. The Bertz CT molecular complexity index is 3170. The molecule has 0 saturated carbocycles. The zero-order chi connectivity index (χ0) is 45.5. The van der Waals surface area contributed by atoms with Crippen LogP contribution >= 0.6 is 11.3 Å². The maximum absolute atomic E-state index is 7.39.